The van der Waals surface area contributed by atoms with Crippen LogP contribution in [0.25, 0.3) is 0 Å². The average Bonchev–Trinajstić information content (AvgIpc) is 2.47. The summed E-state index contributed by atoms with van der Waals surface area (Å²) >= 11 is 0. The highest BCUT2D eigenvalue weighted by molar-refractivity contribution is 6.02. The molecule has 1 heterocycles. The molecule has 13 heavy (non-hydrogen) atoms. The summed E-state index contributed by atoms with van der Waals surface area (Å²) in [5, 5.41) is 7.35. The molecule has 0 amide bonds. The van der Waals surface area contributed by atoms with Crippen molar-refractivity contribution in [2.24, 2.45) is 7.05 Å². The standard InChI is InChI=1S/C8H12N4O/c1-11(2)5-4-8(13)7-6-12(3)10-9-7/h4-6H,1-3H3/b5-4+. The van der Waals surface area contributed by atoms with Crippen molar-refractivity contribution in [3.8, 4) is 0 Å². The van der Waals surface area contributed by atoms with Crippen LogP contribution in [0.1, 0.15) is 10.5 Å². The Morgan fingerprint density at radius 2 is 2.31 bits per heavy atom. The molecular weight excluding hydrogens is 168 g/mol. The maximum Gasteiger partial charge on any atom is 0.209 e. The molecule has 0 radical (unpaired) electrons. The number of allylic oxidation sites excluding steroid dienone is 1. The minimum absolute atomic E-state index is 0.137. The van der Waals surface area contributed by atoms with Gasteiger partial charge in [-0.15, -0.1) is 5.10 Å². The Morgan fingerprint density at radius 3 is 2.77 bits per heavy atom. The van der Waals surface area contributed by atoms with E-state index in [0.29, 0.717) is 5.69 Å². The smallest absolute Gasteiger partial charge is 0.209 e. The lowest BCUT2D eigenvalue weighted by Gasteiger charge is -2.01. The van der Waals surface area contributed by atoms with Crippen LogP contribution in [0.5, 0.6) is 0 Å². The Balaban J connectivity index is 2.69. The maximum atomic E-state index is 11.3. The third-order valence-corrected chi connectivity index (χ3v) is 1.38. The molecule has 1 aromatic heterocycles. The summed E-state index contributed by atoms with van der Waals surface area (Å²) in [5.74, 6) is -0.137. The number of aryl methyl sites for hydroxylation is 1. The number of ketones is 1. The van der Waals surface area contributed by atoms with Crippen molar-refractivity contribution in [1.82, 2.24) is 19.9 Å². The second-order valence-electron chi connectivity index (χ2n) is 2.92. The van der Waals surface area contributed by atoms with Gasteiger partial charge in [-0.1, -0.05) is 5.21 Å². The monoisotopic (exact) mass is 180 g/mol. The topological polar surface area (TPSA) is 51.0 Å². The van der Waals surface area contributed by atoms with Crippen molar-refractivity contribution in [2.45, 2.75) is 0 Å². The molecular formula is C8H12N4O. The molecule has 0 spiro atoms. The van der Waals surface area contributed by atoms with Crippen molar-refractivity contribution in [2.75, 3.05) is 14.1 Å². The van der Waals surface area contributed by atoms with Crippen LogP contribution in [-0.4, -0.2) is 39.8 Å². The molecule has 0 aliphatic rings. The van der Waals surface area contributed by atoms with Crippen LogP contribution in [0.3, 0.4) is 0 Å². The van der Waals surface area contributed by atoms with Gasteiger partial charge in [0.15, 0.2) is 5.69 Å². The normalized spacial score (nSPS) is 10.7. The first-order valence-corrected chi connectivity index (χ1v) is 3.85. The Bertz CT molecular complexity index is 327. The Morgan fingerprint density at radius 1 is 1.62 bits per heavy atom. The van der Waals surface area contributed by atoms with Crippen LogP contribution >= 0.6 is 0 Å². The molecule has 0 bridgehead atoms. The number of nitrogens with zero attached hydrogens (tertiary/aromatic N) is 4. The SMILES string of the molecule is CN(C)/C=C/C(=O)c1cn(C)nn1. The predicted molar refractivity (Wildman–Crippen MR) is 48.2 cm³/mol. The third-order valence-electron chi connectivity index (χ3n) is 1.38. The number of hydrogen-bond acceptors (Lipinski definition) is 4. The number of rotatable bonds is 3. The molecule has 5 nitrogen and oxygen atoms in total. The summed E-state index contributed by atoms with van der Waals surface area (Å²) in [7, 11) is 5.42. The van der Waals surface area contributed by atoms with E-state index in [9.17, 15) is 4.79 Å². The Hall–Kier alpha value is -1.65. The van der Waals surface area contributed by atoms with Gasteiger partial charge in [0.1, 0.15) is 0 Å². The van der Waals surface area contributed by atoms with Crippen LogP contribution in [0.2, 0.25) is 0 Å². The summed E-state index contributed by atoms with van der Waals surface area (Å²) in [6.45, 7) is 0. The molecule has 1 rings (SSSR count). The highest BCUT2D eigenvalue weighted by Gasteiger charge is 2.05. The van der Waals surface area contributed by atoms with Crippen LogP contribution in [-0.2, 0) is 7.05 Å². The third kappa shape index (κ3) is 2.70. The highest BCUT2D eigenvalue weighted by atomic mass is 16.1. The van der Waals surface area contributed by atoms with E-state index < -0.39 is 0 Å². The predicted octanol–water partition coefficient (Wildman–Crippen LogP) is 0.0731. The zero-order chi connectivity index (χ0) is 9.84. The summed E-state index contributed by atoms with van der Waals surface area (Å²) in [4.78, 5) is 13.1. The zero-order valence-corrected chi connectivity index (χ0v) is 7.93. The van der Waals surface area contributed by atoms with Crippen LogP contribution in [0, 0.1) is 0 Å². The van der Waals surface area contributed by atoms with Crippen molar-refractivity contribution in [1.29, 1.82) is 0 Å². The zero-order valence-electron chi connectivity index (χ0n) is 7.93. The van der Waals surface area contributed by atoms with Crippen molar-refractivity contribution >= 4 is 5.78 Å². The molecule has 70 valence electrons. The fraction of sp³-hybridized carbons (Fsp3) is 0.375. The molecule has 0 atom stereocenters. The second kappa shape index (κ2) is 3.84. The van der Waals surface area contributed by atoms with E-state index in [-0.39, 0.29) is 5.78 Å². The van der Waals surface area contributed by atoms with Crippen LogP contribution in [0.15, 0.2) is 18.5 Å². The van der Waals surface area contributed by atoms with Crippen molar-refractivity contribution < 1.29 is 4.79 Å². The molecule has 5 heteroatoms. The average molecular weight is 180 g/mol. The van der Waals surface area contributed by atoms with Gasteiger partial charge >= 0.3 is 0 Å². The highest BCUT2D eigenvalue weighted by Crippen LogP contribution is 1.94. The largest absolute Gasteiger partial charge is 0.383 e. The van der Waals surface area contributed by atoms with E-state index in [1.165, 1.54) is 10.8 Å². The van der Waals surface area contributed by atoms with Gasteiger partial charge in [-0.2, -0.15) is 0 Å². The van der Waals surface area contributed by atoms with Crippen molar-refractivity contribution in [3.05, 3.63) is 24.2 Å². The van der Waals surface area contributed by atoms with Gasteiger partial charge in [0.25, 0.3) is 0 Å². The quantitative estimate of drug-likeness (QED) is 0.488. The molecule has 0 aliphatic heterocycles. The first-order chi connectivity index (χ1) is 6.09. The van der Waals surface area contributed by atoms with E-state index in [0.717, 1.165) is 0 Å². The van der Waals surface area contributed by atoms with E-state index in [4.69, 9.17) is 0 Å². The lowest BCUT2D eigenvalue weighted by molar-refractivity contribution is 0.104. The molecule has 0 saturated heterocycles. The summed E-state index contributed by atoms with van der Waals surface area (Å²) in [6, 6.07) is 0. The molecule has 0 saturated carbocycles. The van der Waals surface area contributed by atoms with E-state index in [1.54, 1.807) is 24.3 Å². The van der Waals surface area contributed by atoms with Gasteiger partial charge in [-0.25, -0.2) is 0 Å². The summed E-state index contributed by atoms with van der Waals surface area (Å²) < 4.78 is 1.50. The molecule has 0 N–H and O–H groups in total. The fourth-order valence-corrected chi connectivity index (χ4v) is 0.762. The number of aromatic nitrogens is 3. The molecule has 0 unspecified atom stereocenters. The van der Waals surface area contributed by atoms with E-state index >= 15 is 0 Å². The minimum atomic E-state index is -0.137. The van der Waals surface area contributed by atoms with Gasteiger partial charge in [-0.05, 0) is 0 Å². The fourth-order valence-electron chi connectivity index (χ4n) is 0.762. The maximum absolute atomic E-state index is 11.3. The first-order valence-electron chi connectivity index (χ1n) is 3.85. The van der Waals surface area contributed by atoms with Crippen LogP contribution < -0.4 is 0 Å². The van der Waals surface area contributed by atoms with Gasteiger partial charge in [0.2, 0.25) is 5.78 Å². The summed E-state index contributed by atoms with van der Waals surface area (Å²) in [5.41, 5.74) is 0.362. The molecule has 0 aliphatic carbocycles. The van der Waals surface area contributed by atoms with Crippen LogP contribution in [0.4, 0.5) is 0 Å². The van der Waals surface area contributed by atoms with E-state index in [2.05, 4.69) is 10.3 Å². The Labute approximate surface area is 76.6 Å². The lowest BCUT2D eigenvalue weighted by atomic mass is 10.3. The number of hydrogen-bond donors (Lipinski definition) is 0. The second-order valence-corrected chi connectivity index (χ2v) is 2.92. The van der Waals surface area contributed by atoms with E-state index in [1.807, 2.05) is 14.1 Å². The van der Waals surface area contributed by atoms with Gasteiger partial charge < -0.3 is 4.90 Å². The van der Waals surface area contributed by atoms with Gasteiger partial charge in [0, 0.05) is 33.4 Å². The first kappa shape index (κ1) is 9.44. The Kier molecular flexibility index (Phi) is 2.79. The summed E-state index contributed by atoms with van der Waals surface area (Å²) in [6.07, 6.45) is 4.73. The van der Waals surface area contributed by atoms with Crippen molar-refractivity contribution in [3.63, 3.8) is 0 Å². The minimum Gasteiger partial charge on any atom is -0.383 e. The molecule has 1 aromatic rings. The number of carbonyl (C=O) groups excluding carboxylic acids is 1. The molecule has 0 fully saturated rings. The lowest BCUT2D eigenvalue weighted by Crippen LogP contribution is -2.03. The van der Waals surface area contributed by atoms with Gasteiger partial charge in [-0.3, -0.25) is 9.48 Å². The number of carbonyl (C=O) groups is 1. The van der Waals surface area contributed by atoms with Gasteiger partial charge in [0.05, 0.1) is 6.20 Å². The molecule has 0 aromatic carbocycles.